The van der Waals surface area contributed by atoms with Crippen molar-refractivity contribution in [3.05, 3.63) is 4.91 Å². The van der Waals surface area contributed by atoms with Gasteiger partial charge >= 0.3 is 6.03 Å². The Morgan fingerprint density at radius 3 is 2.33 bits per heavy atom. The lowest BCUT2D eigenvalue weighted by Gasteiger charge is -2.26. The number of nitrogens with one attached hydrogen (secondary N) is 1. The summed E-state index contributed by atoms with van der Waals surface area (Å²) in [5.41, 5.74) is 0. The molecule has 0 aromatic rings. The van der Waals surface area contributed by atoms with Gasteiger partial charge in [0.1, 0.15) is 30.6 Å². The van der Waals surface area contributed by atoms with E-state index in [-0.39, 0.29) is 6.29 Å². The van der Waals surface area contributed by atoms with Gasteiger partial charge in [-0.05, 0) is 0 Å². The fourth-order valence-corrected chi connectivity index (χ4v) is 1.02. The first-order chi connectivity index (χ1) is 8.38. The maximum Gasteiger partial charge on any atom is 0.340 e. The Bertz CT molecular complexity index is 300. The SMILES string of the molecule is CN(N=O)C(=O)N[C@H](C=O)[C@@H](O)[C@@H](O)[C@@H](O)CO. The Morgan fingerprint density at radius 2 is 1.94 bits per heavy atom. The van der Waals surface area contributed by atoms with Crippen LogP contribution < -0.4 is 5.32 Å². The maximum absolute atomic E-state index is 11.2. The first-order valence-corrected chi connectivity index (χ1v) is 4.86. The van der Waals surface area contributed by atoms with Crippen molar-refractivity contribution in [3.63, 3.8) is 0 Å². The number of carbonyl (C=O) groups is 2. The van der Waals surface area contributed by atoms with Gasteiger partial charge in [0.05, 0.1) is 11.9 Å². The third kappa shape index (κ3) is 4.33. The molecule has 5 N–H and O–H groups in total. The predicted molar refractivity (Wildman–Crippen MR) is 57.0 cm³/mol. The Hall–Kier alpha value is -1.62. The largest absolute Gasteiger partial charge is 0.394 e. The molecule has 10 nitrogen and oxygen atoms in total. The van der Waals surface area contributed by atoms with Crippen LogP contribution in [0.15, 0.2) is 5.29 Å². The zero-order valence-electron chi connectivity index (χ0n) is 9.50. The van der Waals surface area contributed by atoms with Gasteiger partial charge in [-0.3, -0.25) is 0 Å². The Labute approximate surface area is 102 Å². The van der Waals surface area contributed by atoms with Crippen molar-refractivity contribution in [1.82, 2.24) is 10.3 Å². The van der Waals surface area contributed by atoms with E-state index in [1.165, 1.54) is 0 Å². The highest BCUT2D eigenvalue weighted by atomic mass is 16.4. The van der Waals surface area contributed by atoms with Crippen LogP contribution in [-0.4, -0.2) is 75.8 Å². The zero-order chi connectivity index (χ0) is 14.3. The van der Waals surface area contributed by atoms with Crippen LogP contribution in [0.4, 0.5) is 4.79 Å². The number of carbonyl (C=O) groups excluding carboxylic acids is 2. The molecule has 0 fully saturated rings. The van der Waals surface area contributed by atoms with Crippen LogP contribution >= 0.6 is 0 Å². The summed E-state index contributed by atoms with van der Waals surface area (Å²) in [4.78, 5) is 31.8. The second kappa shape index (κ2) is 7.66. The highest BCUT2D eigenvalue weighted by Crippen LogP contribution is 2.04. The molecule has 0 saturated carbocycles. The molecule has 0 unspecified atom stereocenters. The van der Waals surface area contributed by atoms with Crippen LogP contribution in [0.25, 0.3) is 0 Å². The Kier molecular flexibility index (Phi) is 6.97. The number of aliphatic hydroxyl groups excluding tert-OH is 4. The van der Waals surface area contributed by atoms with Crippen LogP contribution in [0.1, 0.15) is 0 Å². The molecule has 2 amide bonds. The van der Waals surface area contributed by atoms with Crippen LogP contribution in [0.2, 0.25) is 0 Å². The number of aliphatic hydroxyl groups is 4. The minimum Gasteiger partial charge on any atom is -0.394 e. The first-order valence-electron chi connectivity index (χ1n) is 4.86. The first kappa shape index (κ1) is 16.4. The van der Waals surface area contributed by atoms with E-state index in [1.807, 2.05) is 5.32 Å². The highest BCUT2D eigenvalue weighted by molar-refractivity contribution is 5.77. The summed E-state index contributed by atoms with van der Waals surface area (Å²) < 4.78 is 0. The van der Waals surface area contributed by atoms with E-state index in [0.29, 0.717) is 5.01 Å². The lowest BCUT2D eigenvalue weighted by molar-refractivity contribution is -0.119. The van der Waals surface area contributed by atoms with Gasteiger partial charge in [-0.1, -0.05) is 0 Å². The zero-order valence-corrected chi connectivity index (χ0v) is 9.50. The normalized spacial score (nSPS) is 17.2. The highest BCUT2D eigenvalue weighted by Gasteiger charge is 2.32. The van der Waals surface area contributed by atoms with Gasteiger partial charge in [0.2, 0.25) is 0 Å². The molecule has 0 heterocycles. The molecule has 0 aliphatic carbocycles. The fraction of sp³-hybridized carbons (Fsp3) is 0.750. The van der Waals surface area contributed by atoms with E-state index >= 15 is 0 Å². The minimum absolute atomic E-state index is 0.106. The third-order valence-electron chi connectivity index (χ3n) is 2.15. The van der Waals surface area contributed by atoms with Gasteiger partial charge in [-0.25, -0.2) is 4.79 Å². The summed E-state index contributed by atoms with van der Waals surface area (Å²) >= 11 is 0. The predicted octanol–water partition coefficient (Wildman–Crippen LogP) is -3.05. The molecule has 4 atom stereocenters. The number of urea groups is 1. The fourth-order valence-electron chi connectivity index (χ4n) is 1.02. The Morgan fingerprint density at radius 1 is 1.39 bits per heavy atom. The average molecular weight is 265 g/mol. The molecule has 0 rings (SSSR count). The van der Waals surface area contributed by atoms with Crippen molar-refractivity contribution < 1.29 is 30.0 Å². The minimum atomic E-state index is -1.85. The lowest BCUT2D eigenvalue weighted by Crippen LogP contribution is -2.54. The van der Waals surface area contributed by atoms with Crippen molar-refractivity contribution in [2.24, 2.45) is 5.29 Å². The van der Waals surface area contributed by atoms with E-state index in [1.54, 1.807) is 0 Å². The summed E-state index contributed by atoms with van der Waals surface area (Å²) in [6.45, 7) is -0.840. The molecule has 0 bridgehead atoms. The van der Waals surface area contributed by atoms with Gasteiger partial charge in [0.15, 0.2) is 0 Å². The van der Waals surface area contributed by atoms with Gasteiger partial charge in [0.25, 0.3) is 0 Å². The second-order valence-electron chi connectivity index (χ2n) is 3.45. The molecule has 104 valence electrons. The standard InChI is InChI=1S/C8H15N3O7/c1-11(10-18)8(17)9-4(2-12)6(15)7(16)5(14)3-13/h2,4-7,13-16H,3H2,1H3,(H,9,17)/t4-,5+,6-,7+/m1/s1. The van der Waals surface area contributed by atoms with E-state index < -0.39 is 37.0 Å². The van der Waals surface area contributed by atoms with Crippen molar-refractivity contribution in [2.75, 3.05) is 13.7 Å². The van der Waals surface area contributed by atoms with Gasteiger partial charge in [0, 0.05) is 7.05 Å². The molecule has 0 aromatic carbocycles. The van der Waals surface area contributed by atoms with Gasteiger partial charge in [-0.2, -0.15) is 5.01 Å². The number of hydrogen-bond donors (Lipinski definition) is 5. The number of hydrogen-bond acceptors (Lipinski definition) is 8. The monoisotopic (exact) mass is 265 g/mol. The van der Waals surface area contributed by atoms with Crippen LogP contribution in [-0.2, 0) is 4.79 Å². The number of rotatable bonds is 7. The lowest BCUT2D eigenvalue weighted by atomic mass is 10.0. The molecule has 0 aliphatic heterocycles. The summed E-state index contributed by atoms with van der Waals surface area (Å²) in [6.07, 6.45) is -5.27. The topological polar surface area (TPSA) is 160 Å². The van der Waals surface area contributed by atoms with E-state index in [4.69, 9.17) is 10.2 Å². The van der Waals surface area contributed by atoms with Gasteiger partial charge in [-0.15, -0.1) is 4.91 Å². The summed E-state index contributed by atoms with van der Waals surface area (Å²) in [7, 11) is 1.01. The maximum atomic E-state index is 11.2. The molecule has 0 spiro atoms. The average Bonchev–Trinajstić information content (AvgIpc) is 2.40. The van der Waals surface area contributed by atoms with E-state index in [9.17, 15) is 24.7 Å². The molecule has 0 radical (unpaired) electrons. The Balaban J connectivity index is 4.62. The van der Waals surface area contributed by atoms with Crippen LogP contribution in [0, 0.1) is 4.91 Å². The number of nitrogens with zero attached hydrogens (tertiary/aromatic N) is 2. The molecule has 0 saturated heterocycles. The molecular formula is C8H15N3O7. The molecule has 0 aliphatic rings. The molecule has 10 heteroatoms. The summed E-state index contributed by atoms with van der Waals surface area (Å²) in [5, 5.41) is 40.9. The molecule has 0 aromatic heterocycles. The summed E-state index contributed by atoms with van der Waals surface area (Å²) in [5.74, 6) is 0. The number of nitroso groups, excluding NO2 is 1. The van der Waals surface area contributed by atoms with Crippen molar-refractivity contribution in [3.8, 4) is 0 Å². The van der Waals surface area contributed by atoms with Crippen molar-refractivity contribution in [1.29, 1.82) is 0 Å². The van der Waals surface area contributed by atoms with Crippen molar-refractivity contribution in [2.45, 2.75) is 24.4 Å². The number of aldehydes is 1. The molecule has 18 heavy (non-hydrogen) atoms. The smallest absolute Gasteiger partial charge is 0.340 e. The quantitative estimate of drug-likeness (QED) is 0.186. The third-order valence-corrected chi connectivity index (χ3v) is 2.15. The van der Waals surface area contributed by atoms with Crippen molar-refractivity contribution >= 4 is 12.3 Å². The van der Waals surface area contributed by atoms with Gasteiger partial charge < -0.3 is 30.5 Å². The van der Waals surface area contributed by atoms with E-state index in [2.05, 4.69) is 5.29 Å². The molecular weight excluding hydrogens is 250 g/mol. The van der Waals surface area contributed by atoms with E-state index in [0.717, 1.165) is 7.05 Å². The van der Waals surface area contributed by atoms with Crippen LogP contribution in [0.3, 0.4) is 0 Å². The second-order valence-corrected chi connectivity index (χ2v) is 3.45. The van der Waals surface area contributed by atoms with Crippen LogP contribution in [0.5, 0.6) is 0 Å². The number of amides is 2. The summed E-state index contributed by atoms with van der Waals surface area (Å²) in [6, 6.07) is -2.65.